The lowest BCUT2D eigenvalue weighted by molar-refractivity contribution is 1.60. The van der Waals surface area contributed by atoms with Crippen molar-refractivity contribution in [3.63, 3.8) is 0 Å². The van der Waals surface area contributed by atoms with E-state index in [0.29, 0.717) is 0 Å². The van der Waals surface area contributed by atoms with E-state index in [-0.39, 0.29) is 0 Å². The molecule has 0 nitrogen and oxygen atoms in total. The Hall–Kier alpha value is -8.06. The molecule has 0 aliphatic rings. The van der Waals surface area contributed by atoms with Gasteiger partial charge in [0.1, 0.15) is 0 Å². The molecule has 13 aromatic rings. The highest BCUT2D eigenvalue weighted by molar-refractivity contribution is 6.44. The molecular formula is C62H38. The molecule has 0 spiro atoms. The summed E-state index contributed by atoms with van der Waals surface area (Å²) in [5.74, 6) is 0. The van der Waals surface area contributed by atoms with E-state index < -0.39 is 0 Å². The van der Waals surface area contributed by atoms with Gasteiger partial charge in [0.2, 0.25) is 0 Å². The van der Waals surface area contributed by atoms with E-state index >= 15 is 0 Å². The van der Waals surface area contributed by atoms with Crippen LogP contribution in [0.15, 0.2) is 231 Å². The average Bonchev–Trinajstić information content (AvgIpc) is 3.35. The Bertz CT molecular complexity index is 3880. The molecule has 0 heteroatoms. The summed E-state index contributed by atoms with van der Waals surface area (Å²) in [6.07, 6.45) is 0. The zero-order valence-corrected chi connectivity index (χ0v) is 33.9. The highest BCUT2D eigenvalue weighted by atomic mass is 14.3. The van der Waals surface area contributed by atoms with Crippen molar-refractivity contribution in [1.29, 1.82) is 0 Å². The van der Waals surface area contributed by atoms with Gasteiger partial charge in [-0.1, -0.05) is 212 Å². The van der Waals surface area contributed by atoms with E-state index in [1.54, 1.807) is 0 Å². The Morgan fingerprint density at radius 2 is 0.661 bits per heavy atom. The van der Waals surface area contributed by atoms with Crippen molar-refractivity contribution in [2.45, 2.75) is 0 Å². The monoisotopic (exact) mass is 782 g/mol. The van der Waals surface area contributed by atoms with Crippen LogP contribution in [0.4, 0.5) is 0 Å². The zero-order chi connectivity index (χ0) is 40.7. The summed E-state index contributed by atoms with van der Waals surface area (Å²) < 4.78 is 0. The molecule has 0 radical (unpaired) electrons. The second-order valence-corrected chi connectivity index (χ2v) is 16.6. The standard InChI is InChI=1S/C62H38/c1-4-18-39(19-5-1)44-25-12-13-27-47(44)49-34-35-54-60-51-29-15-14-28-50(51)58(52-32-17-33-53(61(52)60)59-46-26-11-10-24-42(46)36-57(49)62(54)59)43-37-55(41-22-8-3-9-23-41)48-31-16-30-45(56(48)38-43)40-20-6-2-7-21-40/h1-38H. The maximum atomic E-state index is 2.46. The van der Waals surface area contributed by atoms with E-state index in [0.717, 1.165) is 0 Å². The molecule has 0 saturated carbocycles. The van der Waals surface area contributed by atoms with Crippen LogP contribution < -0.4 is 0 Å². The van der Waals surface area contributed by atoms with Crippen LogP contribution in [0, 0.1) is 0 Å². The highest BCUT2D eigenvalue weighted by Crippen LogP contribution is 2.52. The number of fused-ring (bicyclic) bond motifs is 7. The topological polar surface area (TPSA) is 0 Å². The van der Waals surface area contributed by atoms with Crippen molar-refractivity contribution in [1.82, 2.24) is 0 Å². The lowest BCUT2D eigenvalue weighted by atomic mass is 9.80. The molecule has 13 aromatic carbocycles. The third-order valence-electron chi connectivity index (χ3n) is 13.4. The lowest BCUT2D eigenvalue weighted by Crippen LogP contribution is -1.95. The fourth-order valence-corrected chi connectivity index (χ4v) is 10.8. The molecule has 286 valence electrons. The summed E-state index contributed by atoms with van der Waals surface area (Å²) in [5.41, 5.74) is 12.4. The van der Waals surface area contributed by atoms with Gasteiger partial charge in [0.05, 0.1) is 0 Å². The molecule has 0 saturated heterocycles. The molecule has 0 atom stereocenters. The van der Waals surface area contributed by atoms with Crippen LogP contribution in [0.5, 0.6) is 0 Å². The Morgan fingerprint density at radius 3 is 1.42 bits per heavy atom. The van der Waals surface area contributed by atoms with Crippen LogP contribution in [-0.4, -0.2) is 0 Å². The molecule has 0 aromatic heterocycles. The van der Waals surface area contributed by atoms with E-state index in [4.69, 9.17) is 0 Å². The molecule has 0 N–H and O–H groups in total. The quantitative estimate of drug-likeness (QED) is 0.120. The van der Waals surface area contributed by atoms with Gasteiger partial charge in [-0.25, -0.2) is 0 Å². The predicted molar refractivity (Wildman–Crippen MR) is 267 cm³/mol. The van der Waals surface area contributed by atoms with E-state index in [9.17, 15) is 0 Å². The number of hydrogen-bond acceptors (Lipinski definition) is 0. The van der Waals surface area contributed by atoms with Crippen molar-refractivity contribution in [2.24, 2.45) is 0 Å². The molecule has 0 fully saturated rings. The summed E-state index contributed by atoms with van der Waals surface area (Å²) in [5, 5.41) is 18.0. The van der Waals surface area contributed by atoms with Crippen LogP contribution >= 0.6 is 0 Å². The number of rotatable bonds is 5. The molecule has 0 aliphatic heterocycles. The second-order valence-electron chi connectivity index (χ2n) is 16.6. The normalized spacial score (nSPS) is 11.9. The molecule has 0 unspecified atom stereocenters. The van der Waals surface area contributed by atoms with Gasteiger partial charge in [-0.2, -0.15) is 0 Å². The van der Waals surface area contributed by atoms with E-state index in [2.05, 4.69) is 231 Å². The van der Waals surface area contributed by atoms with Crippen LogP contribution in [0.3, 0.4) is 0 Å². The third kappa shape index (κ3) is 5.14. The second kappa shape index (κ2) is 13.7. The summed E-state index contributed by atoms with van der Waals surface area (Å²) in [6.45, 7) is 0. The molecular weight excluding hydrogens is 745 g/mol. The number of hydrogen-bond donors (Lipinski definition) is 0. The fourth-order valence-electron chi connectivity index (χ4n) is 10.8. The van der Waals surface area contributed by atoms with Crippen molar-refractivity contribution in [3.8, 4) is 55.6 Å². The van der Waals surface area contributed by atoms with Gasteiger partial charge in [0.15, 0.2) is 0 Å². The third-order valence-corrected chi connectivity index (χ3v) is 13.4. The summed E-state index contributed by atoms with van der Waals surface area (Å²) >= 11 is 0. The van der Waals surface area contributed by atoms with Gasteiger partial charge in [-0.15, -0.1) is 0 Å². The fraction of sp³-hybridized carbons (Fsp3) is 0. The first kappa shape index (κ1) is 34.8. The first-order valence-electron chi connectivity index (χ1n) is 21.6. The predicted octanol–water partition coefficient (Wildman–Crippen LogP) is 17.5. The van der Waals surface area contributed by atoms with E-state index in [1.807, 2.05) is 0 Å². The van der Waals surface area contributed by atoms with Crippen LogP contribution in [0.1, 0.15) is 0 Å². The minimum atomic E-state index is 1.22. The Balaban J connectivity index is 1.19. The summed E-state index contributed by atoms with van der Waals surface area (Å²) in [4.78, 5) is 0. The Kier molecular flexibility index (Phi) is 7.71. The Labute approximate surface area is 359 Å². The smallest absolute Gasteiger partial charge is 0.00134 e. The molecule has 0 amide bonds. The first-order chi connectivity index (χ1) is 30.8. The van der Waals surface area contributed by atoms with Crippen molar-refractivity contribution >= 4 is 75.4 Å². The van der Waals surface area contributed by atoms with Gasteiger partial charge < -0.3 is 0 Å². The van der Waals surface area contributed by atoms with Crippen molar-refractivity contribution < 1.29 is 0 Å². The van der Waals surface area contributed by atoms with Gasteiger partial charge in [-0.05, 0) is 149 Å². The molecule has 0 heterocycles. The Morgan fingerprint density at radius 1 is 0.177 bits per heavy atom. The number of benzene rings is 13. The lowest BCUT2D eigenvalue weighted by Gasteiger charge is -2.23. The molecule has 62 heavy (non-hydrogen) atoms. The molecule has 0 aliphatic carbocycles. The summed E-state index contributed by atoms with van der Waals surface area (Å²) in [6, 6.07) is 85.6. The minimum absolute atomic E-state index is 1.22. The van der Waals surface area contributed by atoms with Gasteiger partial charge in [0, 0.05) is 0 Å². The molecule has 0 bridgehead atoms. The maximum Gasteiger partial charge on any atom is -0.00134 e. The highest BCUT2D eigenvalue weighted by Gasteiger charge is 2.24. The van der Waals surface area contributed by atoms with Crippen LogP contribution in [0.2, 0.25) is 0 Å². The van der Waals surface area contributed by atoms with Gasteiger partial charge in [-0.3, -0.25) is 0 Å². The minimum Gasteiger partial charge on any atom is -0.0622 e. The van der Waals surface area contributed by atoms with Crippen LogP contribution in [0.25, 0.3) is 131 Å². The average molecular weight is 783 g/mol. The van der Waals surface area contributed by atoms with Gasteiger partial charge in [0.25, 0.3) is 0 Å². The van der Waals surface area contributed by atoms with Crippen molar-refractivity contribution in [2.75, 3.05) is 0 Å². The SMILES string of the molecule is c1ccc(-c2ccccc2-c2ccc3c4c2cc2ccccc2c4c2cccc4c(-c5cc(-c6ccccc6)c6cccc(-c7ccccc7)c6c5)c5ccccc5c3c42)cc1. The summed E-state index contributed by atoms with van der Waals surface area (Å²) in [7, 11) is 0. The van der Waals surface area contributed by atoms with Crippen molar-refractivity contribution in [3.05, 3.63) is 231 Å². The van der Waals surface area contributed by atoms with Gasteiger partial charge >= 0.3 is 0 Å². The maximum absolute atomic E-state index is 2.46. The first-order valence-corrected chi connectivity index (χ1v) is 21.6. The molecule has 13 rings (SSSR count). The van der Waals surface area contributed by atoms with Crippen LogP contribution in [-0.2, 0) is 0 Å². The van der Waals surface area contributed by atoms with E-state index in [1.165, 1.54) is 131 Å². The largest absolute Gasteiger partial charge is 0.0622 e. The zero-order valence-electron chi connectivity index (χ0n) is 33.9.